The van der Waals surface area contributed by atoms with Crippen molar-refractivity contribution in [2.45, 2.75) is 55.2 Å². The molecule has 5 nitrogen and oxygen atoms in total. The first-order valence-corrected chi connectivity index (χ1v) is 13.0. The van der Waals surface area contributed by atoms with E-state index in [1.165, 1.54) is 4.90 Å². The van der Waals surface area contributed by atoms with Gasteiger partial charge in [0.1, 0.15) is 11.8 Å². The highest BCUT2D eigenvalue weighted by Crippen LogP contribution is 2.45. The third-order valence-corrected chi connectivity index (χ3v) is 10.9. The SMILES string of the molecule is COCN1c2ccccc2Sc2ncc(CCO[Si](C)(C)C(C)(C)C)nc21. The van der Waals surface area contributed by atoms with E-state index in [-0.39, 0.29) is 5.04 Å². The highest BCUT2D eigenvalue weighted by atomic mass is 32.2. The molecule has 0 atom stereocenters. The van der Waals surface area contributed by atoms with Crippen LogP contribution in [-0.4, -0.2) is 38.7 Å². The first kappa shape index (κ1) is 20.3. The molecule has 1 aromatic carbocycles. The van der Waals surface area contributed by atoms with Crippen LogP contribution in [0.5, 0.6) is 0 Å². The van der Waals surface area contributed by atoms with Gasteiger partial charge in [0.2, 0.25) is 0 Å². The van der Waals surface area contributed by atoms with Crippen molar-refractivity contribution in [2.75, 3.05) is 25.3 Å². The summed E-state index contributed by atoms with van der Waals surface area (Å²) in [4.78, 5) is 12.8. The van der Waals surface area contributed by atoms with Crippen LogP contribution < -0.4 is 4.90 Å². The summed E-state index contributed by atoms with van der Waals surface area (Å²) in [6, 6.07) is 8.28. The van der Waals surface area contributed by atoms with Crippen LogP contribution in [0.3, 0.4) is 0 Å². The van der Waals surface area contributed by atoms with E-state index in [0.717, 1.165) is 28.6 Å². The van der Waals surface area contributed by atoms with Crippen LogP contribution in [-0.2, 0) is 15.6 Å². The fourth-order valence-electron chi connectivity index (χ4n) is 2.64. The standard InChI is InChI=1S/C20H29N3O2SSi/c1-20(2,3)27(5,6)25-12-11-15-13-21-19-18(22-15)23(14-24-4)16-9-7-8-10-17(16)26-19/h7-10,13H,11-12,14H2,1-6H3. The summed E-state index contributed by atoms with van der Waals surface area (Å²) in [5.74, 6) is 0.866. The van der Waals surface area contributed by atoms with Crippen LogP contribution in [0.4, 0.5) is 11.5 Å². The number of hydrogen-bond acceptors (Lipinski definition) is 6. The predicted octanol–water partition coefficient (Wildman–Crippen LogP) is 5.25. The first-order valence-electron chi connectivity index (χ1n) is 9.26. The summed E-state index contributed by atoms with van der Waals surface area (Å²) in [6.45, 7) is 12.5. The Kier molecular flexibility index (Phi) is 5.95. The molecule has 2 heterocycles. The summed E-state index contributed by atoms with van der Waals surface area (Å²) >= 11 is 1.66. The Morgan fingerprint density at radius 1 is 1.19 bits per heavy atom. The second-order valence-corrected chi connectivity index (χ2v) is 14.1. The van der Waals surface area contributed by atoms with Gasteiger partial charge in [-0.3, -0.25) is 4.90 Å². The maximum absolute atomic E-state index is 6.30. The molecular weight excluding hydrogens is 374 g/mol. The molecule has 0 amide bonds. The van der Waals surface area contributed by atoms with Gasteiger partial charge in [-0.25, -0.2) is 9.97 Å². The van der Waals surface area contributed by atoms with Gasteiger partial charge < -0.3 is 9.16 Å². The summed E-state index contributed by atoms with van der Waals surface area (Å²) in [5.41, 5.74) is 2.06. The van der Waals surface area contributed by atoms with Gasteiger partial charge in [-0.1, -0.05) is 44.7 Å². The second-order valence-electron chi connectivity index (χ2n) is 8.26. The van der Waals surface area contributed by atoms with Crippen LogP contribution in [0.1, 0.15) is 26.5 Å². The molecule has 0 bridgehead atoms. The summed E-state index contributed by atoms with van der Waals surface area (Å²) < 4.78 is 11.7. The Balaban J connectivity index is 1.78. The molecule has 0 N–H and O–H groups in total. The van der Waals surface area contributed by atoms with E-state index in [2.05, 4.69) is 55.9 Å². The van der Waals surface area contributed by atoms with Gasteiger partial charge in [0.15, 0.2) is 14.1 Å². The minimum absolute atomic E-state index is 0.212. The van der Waals surface area contributed by atoms with Crippen LogP contribution in [0, 0.1) is 0 Å². The Labute approximate surface area is 167 Å². The predicted molar refractivity (Wildman–Crippen MR) is 113 cm³/mol. The zero-order valence-electron chi connectivity index (χ0n) is 17.1. The van der Waals surface area contributed by atoms with Gasteiger partial charge in [-0.05, 0) is 30.3 Å². The molecule has 0 aliphatic carbocycles. The highest BCUT2D eigenvalue weighted by Gasteiger charge is 2.37. The number of hydrogen-bond donors (Lipinski definition) is 0. The highest BCUT2D eigenvalue weighted by molar-refractivity contribution is 7.99. The first-order chi connectivity index (χ1) is 12.7. The summed E-state index contributed by atoms with van der Waals surface area (Å²) in [6.07, 6.45) is 2.64. The van der Waals surface area contributed by atoms with Gasteiger partial charge in [-0.15, -0.1) is 0 Å². The van der Waals surface area contributed by atoms with Crippen molar-refractivity contribution in [1.82, 2.24) is 9.97 Å². The number of anilines is 2. The molecule has 0 fully saturated rings. The number of ether oxygens (including phenoxy) is 1. The van der Waals surface area contributed by atoms with Crippen molar-refractivity contribution < 1.29 is 9.16 Å². The van der Waals surface area contributed by atoms with Crippen molar-refractivity contribution in [2.24, 2.45) is 0 Å². The van der Waals surface area contributed by atoms with Crippen LogP contribution in [0.15, 0.2) is 40.4 Å². The molecule has 27 heavy (non-hydrogen) atoms. The fraction of sp³-hybridized carbons (Fsp3) is 0.500. The Morgan fingerprint density at radius 3 is 2.63 bits per heavy atom. The minimum atomic E-state index is -1.74. The Bertz CT molecular complexity index is 808. The van der Waals surface area contributed by atoms with Crippen molar-refractivity contribution >= 4 is 31.6 Å². The molecule has 1 aliphatic heterocycles. The molecule has 0 radical (unpaired) electrons. The topological polar surface area (TPSA) is 47.5 Å². The van der Waals surface area contributed by atoms with Gasteiger partial charge in [-0.2, -0.15) is 0 Å². The van der Waals surface area contributed by atoms with Crippen molar-refractivity contribution in [3.8, 4) is 0 Å². The monoisotopic (exact) mass is 403 g/mol. The molecule has 2 aromatic rings. The number of benzene rings is 1. The zero-order valence-corrected chi connectivity index (χ0v) is 18.9. The van der Waals surface area contributed by atoms with Crippen LogP contribution in [0.2, 0.25) is 18.1 Å². The molecule has 0 saturated heterocycles. The summed E-state index contributed by atoms with van der Waals surface area (Å²) in [5, 5.41) is 1.13. The van der Waals surface area contributed by atoms with Gasteiger partial charge in [0, 0.05) is 31.2 Å². The lowest BCUT2D eigenvalue weighted by Gasteiger charge is -2.36. The average Bonchev–Trinajstić information content (AvgIpc) is 2.61. The van der Waals surface area contributed by atoms with E-state index in [1.54, 1.807) is 18.9 Å². The fourth-order valence-corrected chi connectivity index (χ4v) is 4.68. The maximum Gasteiger partial charge on any atom is 0.191 e. The third-order valence-electron chi connectivity index (χ3n) is 5.28. The number of aromatic nitrogens is 2. The van der Waals surface area contributed by atoms with Gasteiger partial charge in [0.25, 0.3) is 0 Å². The third kappa shape index (κ3) is 4.37. The Hall–Kier alpha value is -1.41. The maximum atomic E-state index is 6.30. The lowest BCUT2D eigenvalue weighted by atomic mass is 10.2. The van der Waals surface area contributed by atoms with E-state index in [0.29, 0.717) is 13.3 Å². The molecule has 0 spiro atoms. The van der Waals surface area contributed by atoms with Gasteiger partial charge in [0.05, 0.1) is 11.4 Å². The summed E-state index contributed by atoms with van der Waals surface area (Å²) in [7, 11) is -0.0409. The molecule has 0 unspecified atom stereocenters. The van der Waals surface area contributed by atoms with E-state index in [4.69, 9.17) is 14.1 Å². The minimum Gasteiger partial charge on any atom is -0.416 e. The number of para-hydroxylation sites is 1. The molecule has 7 heteroatoms. The van der Waals surface area contributed by atoms with E-state index in [1.807, 2.05) is 18.3 Å². The number of nitrogens with zero attached hydrogens (tertiary/aromatic N) is 3. The van der Waals surface area contributed by atoms with Crippen molar-refractivity contribution in [3.05, 3.63) is 36.2 Å². The number of fused-ring (bicyclic) bond motifs is 2. The molecule has 3 rings (SSSR count). The van der Waals surface area contributed by atoms with Gasteiger partial charge >= 0.3 is 0 Å². The molecule has 146 valence electrons. The number of methoxy groups -OCH3 is 1. The lowest BCUT2D eigenvalue weighted by Crippen LogP contribution is -2.41. The van der Waals surface area contributed by atoms with Crippen molar-refractivity contribution in [1.29, 1.82) is 0 Å². The normalized spacial score (nSPS) is 14.1. The number of rotatable bonds is 6. The average molecular weight is 404 g/mol. The van der Waals surface area contributed by atoms with Crippen LogP contribution >= 0.6 is 11.8 Å². The molecule has 0 saturated carbocycles. The van der Waals surface area contributed by atoms with E-state index >= 15 is 0 Å². The van der Waals surface area contributed by atoms with E-state index < -0.39 is 8.32 Å². The Morgan fingerprint density at radius 2 is 1.93 bits per heavy atom. The lowest BCUT2D eigenvalue weighted by molar-refractivity contribution is 0.204. The van der Waals surface area contributed by atoms with Crippen LogP contribution in [0.25, 0.3) is 0 Å². The second kappa shape index (κ2) is 7.91. The molecule has 1 aliphatic rings. The largest absolute Gasteiger partial charge is 0.416 e. The quantitative estimate of drug-likeness (QED) is 0.614. The van der Waals surface area contributed by atoms with E-state index in [9.17, 15) is 0 Å². The molecular formula is C20H29N3O2SSi. The molecule has 1 aromatic heterocycles. The van der Waals surface area contributed by atoms with Crippen molar-refractivity contribution in [3.63, 3.8) is 0 Å². The zero-order chi connectivity index (χ0) is 19.7. The smallest absolute Gasteiger partial charge is 0.191 e.